The van der Waals surface area contributed by atoms with Crippen molar-refractivity contribution >= 4 is 17.6 Å². The number of pyridine rings is 1. The van der Waals surface area contributed by atoms with E-state index in [2.05, 4.69) is 22.5 Å². The topological polar surface area (TPSA) is 92.9 Å². The molecule has 1 atom stereocenters. The number of carbonyl (C=O) groups excluding carboxylic acids is 1. The Labute approximate surface area is 184 Å². The van der Waals surface area contributed by atoms with Gasteiger partial charge >= 0.3 is 12.1 Å². The van der Waals surface area contributed by atoms with Gasteiger partial charge in [0.05, 0.1) is 24.2 Å². The molecule has 0 unspecified atom stereocenters. The van der Waals surface area contributed by atoms with Crippen LogP contribution in [0.4, 0.5) is 4.79 Å². The maximum atomic E-state index is 12.7. The fraction of sp³-hybridized carbons (Fsp3) is 0.160. The highest BCUT2D eigenvalue weighted by Gasteiger charge is 2.29. The van der Waals surface area contributed by atoms with Gasteiger partial charge in [-0.3, -0.25) is 4.79 Å². The predicted molar refractivity (Wildman–Crippen MR) is 118 cm³/mol. The van der Waals surface area contributed by atoms with Gasteiger partial charge in [-0.05, 0) is 34.4 Å². The molecule has 2 aromatic heterocycles. The number of benzene rings is 2. The van der Waals surface area contributed by atoms with E-state index in [1.54, 1.807) is 16.9 Å². The molecule has 0 radical (unpaired) electrons. The summed E-state index contributed by atoms with van der Waals surface area (Å²) < 4.78 is 7.23. The number of aromatic nitrogens is 2. The van der Waals surface area contributed by atoms with E-state index in [4.69, 9.17) is 4.74 Å². The highest BCUT2D eigenvalue weighted by atomic mass is 16.5. The van der Waals surface area contributed by atoms with Gasteiger partial charge in [0.25, 0.3) is 0 Å². The summed E-state index contributed by atoms with van der Waals surface area (Å²) in [7, 11) is 0. The van der Waals surface area contributed by atoms with Crippen LogP contribution in [0.2, 0.25) is 0 Å². The monoisotopic (exact) mass is 427 g/mol. The summed E-state index contributed by atoms with van der Waals surface area (Å²) in [6, 6.07) is 20.9. The fourth-order valence-electron chi connectivity index (χ4n) is 4.42. The Kier molecular flexibility index (Phi) is 5.07. The average molecular weight is 427 g/mol. The van der Waals surface area contributed by atoms with Crippen molar-refractivity contribution in [2.45, 2.75) is 18.4 Å². The van der Waals surface area contributed by atoms with Crippen molar-refractivity contribution in [3.8, 4) is 11.1 Å². The Bertz CT molecular complexity index is 1270. The van der Waals surface area contributed by atoms with Crippen molar-refractivity contribution in [3.05, 3.63) is 95.8 Å². The molecule has 0 saturated heterocycles. The van der Waals surface area contributed by atoms with Gasteiger partial charge in [-0.15, -0.1) is 0 Å². The molecule has 1 aliphatic rings. The van der Waals surface area contributed by atoms with Crippen LogP contribution < -0.4 is 5.32 Å². The van der Waals surface area contributed by atoms with Crippen molar-refractivity contribution in [2.75, 3.05) is 6.61 Å². The number of amides is 1. The molecular weight excluding hydrogens is 406 g/mol. The van der Waals surface area contributed by atoms with Crippen LogP contribution in [0.1, 0.15) is 35.1 Å². The van der Waals surface area contributed by atoms with Gasteiger partial charge < -0.3 is 15.2 Å². The van der Waals surface area contributed by atoms with Gasteiger partial charge in [-0.1, -0.05) is 54.6 Å². The third kappa shape index (κ3) is 3.58. The second-order valence-corrected chi connectivity index (χ2v) is 7.75. The van der Waals surface area contributed by atoms with Crippen LogP contribution in [0.3, 0.4) is 0 Å². The van der Waals surface area contributed by atoms with E-state index >= 15 is 0 Å². The highest BCUT2D eigenvalue weighted by molar-refractivity contribution is 5.79. The number of carbonyl (C=O) groups is 2. The molecule has 0 fully saturated rings. The third-order valence-corrected chi connectivity index (χ3v) is 5.85. The van der Waals surface area contributed by atoms with E-state index in [1.807, 2.05) is 54.6 Å². The molecule has 4 aromatic rings. The number of hydrogen-bond donors (Lipinski definition) is 2. The summed E-state index contributed by atoms with van der Waals surface area (Å²) >= 11 is 0. The summed E-state index contributed by atoms with van der Waals surface area (Å²) in [5, 5.41) is 16.3. The maximum absolute atomic E-state index is 12.7. The molecule has 160 valence electrons. The molecule has 1 aliphatic carbocycles. The summed E-state index contributed by atoms with van der Waals surface area (Å²) in [5.41, 5.74) is 5.89. The van der Waals surface area contributed by atoms with Gasteiger partial charge in [0.15, 0.2) is 0 Å². The first-order valence-corrected chi connectivity index (χ1v) is 10.4. The number of ether oxygens (including phenoxy) is 1. The molecule has 7 nitrogen and oxygen atoms in total. The number of nitrogens with one attached hydrogen (secondary N) is 1. The van der Waals surface area contributed by atoms with Crippen LogP contribution in [0.5, 0.6) is 0 Å². The zero-order valence-electron chi connectivity index (χ0n) is 17.1. The zero-order chi connectivity index (χ0) is 22.1. The predicted octanol–water partition coefficient (Wildman–Crippen LogP) is 4.39. The van der Waals surface area contributed by atoms with Crippen molar-refractivity contribution in [2.24, 2.45) is 0 Å². The number of carboxylic acid groups (broad SMARTS) is 1. The Morgan fingerprint density at radius 2 is 1.66 bits per heavy atom. The second kappa shape index (κ2) is 8.19. The lowest BCUT2D eigenvalue weighted by Gasteiger charge is -2.18. The zero-order valence-corrected chi connectivity index (χ0v) is 17.1. The number of carboxylic acids is 1. The number of rotatable bonds is 6. The molecule has 0 saturated carbocycles. The van der Waals surface area contributed by atoms with Crippen LogP contribution in [-0.4, -0.2) is 33.4 Å². The van der Waals surface area contributed by atoms with Crippen LogP contribution >= 0.6 is 0 Å². The van der Waals surface area contributed by atoms with E-state index in [0.29, 0.717) is 5.56 Å². The molecule has 0 spiro atoms. The Balaban J connectivity index is 1.34. The smallest absolute Gasteiger partial charge is 0.407 e. The van der Waals surface area contributed by atoms with Crippen LogP contribution in [0, 0.1) is 0 Å². The van der Waals surface area contributed by atoms with E-state index in [9.17, 15) is 14.7 Å². The molecule has 2 aromatic carbocycles. The van der Waals surface area contributed by atoms with Gasteiger partial charge in [-0.2, -0.15) is 5.10 Å². The van der Waals surface area contributed by atoms with Gasteiger partial charge in [-0.25, -0.2) is 9.31 Å². The number of nitrogens with zero attached hydrogens (tertiary/aromatic N) is 2. The minimum atomic E-state index is -1.02. The van der Waals surface area contributed by atoms with E-state index in [-0.39, 0.29) is 18.9 Å². The maximum Gasteiger partial charge on any atom is 0.407 e. The highest BCUT2D eigenvalue weighted by Crippen LogP contribution is 2.44. The van der Waals surface area contributed by atoms with E-state index < -0.39 is 18.1 Å². The van der Waals surface area contributed by atoms with Crippen molar-refractivity contribution in [3.63, 3.8) is 0 Å². The quantitative estimate of drug-likeness (QED) is 0.476. The lowest BCUT2D eigenvalue weighted by Crippen LogP contribution is -2.31. The molecule has 32 heavy (non-hydrogen) atoms. The molecule has 0 aliphatic heterocycles. The summed E-state index contributed by atoms with van der Waals surface area (Å²) in [4.78, 5) is 24.1. The molecule has 5 rings (SSSR count). The average Bonchev–Trinajstić information content (AvgIpc) is 3.36. The second-order valence-electron chi connectivity index (χ2n) is 7.75. The molecule has 1 amide bonds. The Morgan fingerprint density at radius 3 is 2.34 bits per heavy atom. The van der Waals surface area contributed by atoms with Gasteiger partial charge in [0.1, 0.15) is 6.61 Å². The number of aliphatic carboxylic acids is 1. The van der Waals surface area contributed by atoms with Crippen molar-refractivity contribution in [1.29, 1.82) is 0 Å². The molecule has 2 heterocycles. The number of hydrogen-bond acceptors (Lipinski definition) is 4. The fourth-order valence-corrected chi connectivity index (χ4v) is 4.42. The third-order valence-electron chi connectivity index (χ3n) is 5.85. The minimum absolute atomic E-state index is 0.0666. The SMILES string of the molecule is O=C(O)C[C@@H](NC(=O)OCC1c2ccccc2-c2ccccc21)c1cnn2ccccc12. The number of fused-ring (bicyclic) bond motifs is 4. The van der Waals surface area contributed by atoms with Crippen LogP contribution in [0.25, 0.3) is 16.6 Å². The van der Waals surface area contributed by atoms with Gasteiger partial charge in [0, 0.05) is 17.7 Å². The van der Waals surface area contributed by atoms with Crippen LogP contribution in [-0.2, 0) is 9.53 Å². The standard InChI is InChI=1S/C25H21N3O4/c29-24(30)13-22(20-14-26-28-12-6-5-11-23(20)28)27-25(31)32-15-21-18-9-3-1-7-16(18)17-8-2-4-10-19(17)21/h1-12,14,21-22H,13,15H2,(H,27,31)(H,29,30)/t22-/m1/s1. The first-order chi connectivity index (χ1) is 15.6. The van der Waals surface area contributed by atoms with Crippen LogP contribution in [0.15, 0.2) is 79.1 Å². The lowest BCUT2D eigenvalue weighted by molar-refractivity contribution is -0.137. The van der Waals surface area contributed by atoms with Gasteiger partial charge in [0.2, 0.25) is 0 Å². The molecule has 2 N–H and O–H groups in total. The first kappa shape index (κ1) is 19.8. The van der Waals surface area contributed by atoms with E-state index in [0.717, 1.165) is 27.8 Å². The Hall–Kier alpha value is -4.13. The van der Waals surface area contributed by atoms with Crippen molar-refractivity contribution in [1.82, 2.24) is 14.9 Å². The largest absolute Gasteiger partial charge is 0.481 e. The number of alkyl carbamates (subject to hydrolysis) is 1. The molecular formula is C25H21N3O4. The Morgan fingerprint density at radius 1 is 1.00 bits per heavy atom. The summed E-state index contributed by atoms with van der Waals surface area (Å²) in [6.07, 6.45) is 2.41. The summed E-state index contributed by atoms with van der Waals surface area (Å²) in [6.45, 7) is 0.161. The van der Waals surface area contributed by atoms with E-state index in [1.165, 1.54) is 0 Å². The lowest BCUT2D eigenvalue weighted by atomic mass is 9.98. The minimum Gasteiger partial charge on any atom is -0.481 e. The molecule has 0 bridgehead atoms. The first-order valence-electron chi connectivity index (χ1n) is 10.4. The normalized spacial score (nSPS) is 13.4. The van der Waals surface area contributed by atoms with Crippen molar-refractivity contribution < 1.29 is 19.4 Å². The molecule has 7 heteroatoms. The summed E-state index contributed by atoms with van der Waals surface area (Å²) in [5.74, 6) is -1.09.